The SMILES string of the molecule is c1ccc2c(C3(C4COCCN4)COC3)coc2c1. The van der Waals surface area contributed by atoms with Crippen LogP contribution in [0.5, 0.6) is 0 Å². The van der Waals surface area contributed by atoms with Crippen LogP contribution >= 0.6 is 0 Å². The van der Waals surface area contributed by atoms with Gasteiger partial charge in [0, 0.05) is 23.5 Å². The van der Waals surface area contributed by atoms with Crippen molar-refractivity contribution in [1.82, 2.24) is 5.32 Å². The fourth-order valence-electron chi connectivity index (χ4n) is 3.15. The molecule has 1 N–H and O–H groups in total. The average molecular weight is 259 g/mol. The van der Waals surface area contributed by atoms with Crippen molar-refractivity contribution < 1.29 is 13.9 Å². The van der Waals surface area contributed by atoms with Crippen LogP contribution in [0.2, 0.25) is 0 Å². The number of morpholine rings is 1. The summed E-state index contributed by atoms with van der Waals surface area (Å²) < 4.78 is 16.8. The van der Waals surface area contributed by atoms with Gasteiger partial charge in [-0.1, -0.05) is 18.2 Å². The van der Waals surface area contributed by atoms with Gasteiger partial charge in [0.2, 0.25) is 0 Å². The van der Waals surface area contributed by atoms with Gasteiger partial charge in [-0.3, -0.25) is 0 Å². The summed E-state index contributed by atoms with van der Waals surface area (Å²) in [7, 11) is 0. The number of hydrogen-bond donors (Lipinski definition) is 1. The first-order valence-electron chi connectivity index (χ1n) is 6.76. The third kappa shape index (κ3) is 1.64. The summed E-state index contributed by atoms with van der Waals surface area (Å²) in [4.78, 5) is 0. The molecule has 0 amide bonds. The Morgan fingerprint density at radius 2 is 2.05 bits per heavy atom. The van der Waals surface area contributed by atoms with E-state index in [2.05, 4.69) is 17.4 Å². The minimum Gasteiger partial charge on any atom is -0.464 e. The molecule has 2 fully saturated rings. The first kappa shape index (κ1) is 11.5. The zero-order valence-electron chi connectivity index (χ0n) is 10.7. The number of fused-ring (bicyclic) bond motifs is 1. The summed E-state index contributed by atoms with van der Waals surface area (Å²) in [6, 6.07) is 8.49. The number of para-hydroxylation sites is 1. The molecule has 2 aromatic rings. The average Bonchev–Trinajstić information content (AvgIpc) is 2.84. The molecule has 0 saturated carbocycles. The van der Waals surface area contributed by atoms with Crippen LogP contribution in [0.1, 0.15) is 5.56 Å². The smallest absolute Gasteiger partial charge is 0.134 e. The molecule has 3 heterocycles. The van der Waals surface area contributed by atoms with Gasteiger partial charge in [0.25, 0.3) is 0 Å². The first-order valence-corrected chi connectivity index (χ1v) is 6.76. The van der Waals surface area contributed by atoms with E-state index in [-0.39, 0.29) is 5.41 Å². The van der Waals surface area contributed by atoms with E-state index in [9.17, 15) is 0 Å². The zero-order valence-corrected chi connectivity index (χ0v) is 10.7. The van der Waals surface area contributed by atoms with Gasteiger partial charge in [-0.15, -0.1) is 0 Å². The monoisotopic (exact) mass is 259 g/mol. The van der Waals surface area contributed by atoms with E-state index < -0.39 is 0 Å². The number of nitrogens with one attached hydrogen (secondary N) is 1. The molecule has 19 heavy (non-hydrogen) atoms. The molecular formula is C15H17NO3. The highest BCUT2D eigenvalue weighted by Crippen LogP contribution is 2.41. The van der Waals surface area contributed by atoms with Crippen LogP contribution in [0.3, 0.4) is 0 Å². The van der Waals surface area contributed by atoms with Crippen molar-refractivity contribution in [2.75, 3.05) is 33.0 Å². The van der Waals surface area contributed by atoms with E-state index >= 15 is 0 Å². The molecule has 0 radical (unpaired) electrons. The summed E-state index contributed by atoms with van der Waals surface area (Å²) in [6.07, 6.45) is 1.89. The molecule has 0 bridgehead atoms. The van der Waals surface area contributed by atoms with Crippen molar-refractivity contribution in [3.8, 4) is 0 Å². The molecular weight excluding hydrogens is 242 g/mol. The van der Waals surface area contributed by atoms with Crippen molar-refractivity contribution in [3.05, 3.63) is 36.1 Å². The van der Waals surface area contributed by atoms with Crippen molar-refractivity contribution in [1.29, 1.82) is 0 Å². The minimum absolute atomic E-state index is 0.00692. The number of furan rings is 1. The zero-order chi connectivity index (χ0) is 12.7. The van der Waals surface area contributed by atoms with Gasteiger partial charge in [-0.25, -0.2) is 0 Å². The van der Waals surface area contributed by atoms with Gasteiger partial charge in [-0.05, 0) is 6.07 Å². The summed E-state index contributed by atoms with van der Waals surface area (Å²) >= 11 is 0. The van der Waals surface area contributed by atoms with Crippen LogP contribution in [0, 0.1) is 0 Å². The van der Waals surface area contributed by atoms with Crippen molar-refractivity contribution in [3.63, 3.8) is 0 Å². The Balaban J connectivity index is 1.79. The second-order valence-electron chi connectivity index (χ2n) is 5.38. The fourth-order valence-corrected chi connectivity index (χ4v) is 3.15. The van der Waals surface area contributed by atoms with E-state index in [4.69, 9.17) is 13.9 Å². The van der Waals surface area contributed by atoms with Crippen LogP contribution in [-0.2, 0) is 14.9 Å². The van der Waals surface area contributed by atoms with Crippen molar-refractivity contribution >= 4 is 11.0 Å². The number of ether oxygens (including phenoxy) is 2. The number of rotatable bonds is 2. The normalized spacial score (nSPS) is 26.2. The van der Waals surface area contributed by atoms with Gasteiger partial charge in [-0.2, -0.15) is 0 Å². The molecule has 2 aliphatic heterocycles. The molecule has 1 aromatic carbocycles. The summed E-state index contributed by atoms with van der Waals surface area (Å²) in [6.45, 7) is 3.90. The highest BCUT2D eigenvalue weighted by Gasteiger charge is 2.49. The van der Waals surface area contributed by atoms with Gasteiger partial charge < -0.3 is 19.2 Å². The predicted octanol–water partition coefficient (Wildman–Crippen LogP) is 1.69. The van der Waals surface area contributed by atoms with Crippen LogP contribution < -0.4 is 5.32 Å². The first-order chi connectivity index (χ1) is 9.40. The lowest BCUT2D eigenvalue weighted by Crippen LogP contribution is -2.63. The van der Waals surface area contributed by atoms with E-state index in [0.29, 0.717) is 6.04 Å². The summed E-state index contributed by atoms with van der Waals surface area (Å²) in [5.74, 6) is 0. The van der Waals surface area contributed by atoms with Gasteiger partial charge >= 0.3 is 0 Å². The van der Waals surface area contributed by atoms with Gasteiger partial charge in [0.05, 0.1) is 38.1 Å². The van der Waals surface area contributed by atoms with Crippen molar-refractivity contribution in [2.24, 2.45) is 0 Å². The van der Waals surface area contributed by atoms with Gasteiger partial charge in [0.1, 0.15) is 5.58 Å². The summed E-state index contributed by atoms with van der Waals surface area (Å²) in [5, 5.41) is 4.76. The molecule has 2 aliphatic rings. The Kier molecular flexibility index (Phi) is 2.62. The molecule has 1 atom stereocenters. The van der Waals surface area contributed by atoms with E-state index in [1.807, 2.05) is 18.4 Å². The maximum Gasteiger partial charge on any atom is 0.134 e. The molecule has 0 aliphatic carbocycles. The molecule has 4 heteroatoms. The second kappa shape index (κ2) is 4.34. The number of hydrogen-bond acceptors (Lipinski definition) is 4. The maximum atomic E-state index is 5.70. The lowest BCUT2D eigenvalue weighted by atomic mass is 9.72. The minimum atomic E-state index is -0.00692. The van der Waals surface area contributed by atoms with E-state index in [0.717, 1.165) is 38.6 Å². The molecule has 1 unspecified atom stereocenters. The maximum absolute atomic E-state index is 5.70. The molecule has 4 nitrogen and oxygen atoms in total. The van der Waals surface area contributed by atoms with Crippen LogP contribution in [0.15, 0.2) is 34.9 Å². The quantitative estimate of drug-likeness (QED) is 0.891. The Morgan fingerprint density at radius 3 is 2.79 bits per heavy atom. The van der Waals surface area contributed by atoms with E-state index in [1.165, 1.54) is 10.9 Å². The highest BCUT2D eigenvalue weighted by atomic mass is 16.5. The standard InChI is InChI=1S/C15H17NO3/c1-2-4-13-11(3-1)12(7-19-13)15(9-18-10-15)14-8-17-6-5-16-14/h1-4,7,14,16H,5-6,8-10H2. The lowest BCUT2D eigenvalue weighted by Gasteiger charge is -2.48. The molecule has 0 spiro atoms. The highest BCUT2D eigenvalue weighted by molar-refractivity contribution is 5.82. The molecule has 100 valence electrons. The van der Waals surface area contributed by atoms with Crippen molar-refractivity contribution in [2.45, 2.75) is 11.5 Å². The summed E-state index contributed by atoms with van der Waals surface area (Å²) in [5.41, 5.74) is 2.19. The largest absolute Gasteiger partial charge is 0.464 e. The Morgan fingerprint density at radius 1 is 1.16 bits per heavy atom. The van der Waals surface area contributed by atoms with Crippen LogP contribution in [-0.4, -0.2) is 39.0 Å². The Hall–Kier alpha value is -1.36. The van der Waals surface area contributed by atoms with E-state index in [1.54, 1.807) is 0 Å². The molecule has 4 rings (SSSR count). The Bertz CT molecular complexity index is 582. The van der Waals surface area contributed by atoms with Crippen LogP contribution in [0.4, 0.5) is 0 Å². The predicted molar refractivity (Wildman–Crippen MR) is 71.3 cm³/mol. The third-order valence-electron chi connectivity index (χ3n) is 4.33. The molecule has 1 aromatic heterocycles. The lowest BCUT2D eigenvalue weighted by molar-refractivity contribution is -0.100. The third-order valence-corrected chi connectivity index (χ3v) is 4.33. The Labute approximate surface area is 111 Å². The van der Waals surface area contributed by atoms with Gasteiger partial charge in [0.15, 0.2) is 0 Å². The second-order valence-corrected chi connectivity index (χ2v) is 5.38. The topological polar surface area (TPSA) is 43.6 Å². The fraction of sp³-hybridized carbons (Fsp3) is 0.467. The number of benzene rings is 1. The van der Waals surface area contributed by atoms with Crippen LogP contribution in [0.25, 0.3) is 11.0 Å². The molecule has 2 saturated heterocycles.